The molecule has 2 unspecified atom stereocenters. The van der Waals surface area contributed by atoms with Gasteiger partial charge in [0.25, 0.3) is 0 Å². The average molecular weight is 285 g/mol. The van der Waals surface area contributed by atoms with Gasteiger partial charge in [-0.25, -0.2) is 4.39 Å². The van der Waals surface area contributed by atoms with E-state index in [1.165, 1.54) is 6.07 Å². The van der Waals surface area contributed by atoms with Crippen LogP contribution in [0.2, 0.25) is 5.02 Å². The van der Waals surface area contributed by atoms with Crippen LogP contribution >= 0.6 is 11.6 Å². The Balaban J connectivity index is 2.48. The van der Waals surface area contributed by atoms with E-state index in [9.17, 15) is 9.18 Å². The fourth-order valence-corrected chi connectivity index (χ4v) is 2.86. The fraction of sp³-hybridized carbons (Fsp3) is 0.500. The SMILES string of the molecule is CC(C)N1C(=O)CCC(N)C1c1cccc(Cl)c1F. The number of nitrogens with two attached hydrogens (primary N) is 1. The lowest BCUT2D eigenvalue weighted by atomic mass is 9.89. The van der Waals surface area contributed by atoms with Gasteiger partial charge in [0.1, 0.15) is 5.82 Å². The number of carbonyl (C=O) groups excluding carboxylic acids is 1. The molecule has 1 amide bonds. The Hall–Kier alpha value is -1.13. The second-order valence-corrected chi connectivity index (χ2v) is 5.59. The summed E-state index contributed by atoms with van der Waals surface area (Å²) < 4.78 is 14.2. The van der Waals surface area contributed by atoms with Gasteiger partial charge in [0.05, 0.1) is 11.1 Å². The molecule has 104 valence electrons. The number of nitrogens with zero attached hydrogens (tertiary/aromatic N) is 1. The van der Waals surface area contributed by atoms with Crippen LogP contribution in [0.1, 0.15) is 38.3 Å². The average Bonchev–Trinajstić information content (AvgIpc) is 2.35. The molecule has 0 aliphatic carbocycles. The van der Waals surface area contributed by atoms with Gasteiger partial charge < -0.3 is 10.6 Å². The zero-order chi connectivity index (χ0) is 14.2. The van der Waals surface area contributed by atoms with Crippen LogP contribution in [0.3, 0.4) is 0 Å². The molecule has 3 nitrogen and oxygen atoms in total. The second kappa shape index (κ2) is 5.47. The lowest BCUT2D eigenvalue weighted by molar-refractivity contribution is -0.139. The van der Waals surface area contributed by atoms with Gasteiger partial charge in [0.15, 0.2) is 0 Å². The summed E-state index contributed by atoms with van der Waals surface area (Å²) in [5.74, 6) is -0.467. The van der Waals surface area contributed by atoms with E-state index >= 15 is 0 Å². The summed E-state index contributed by atoms with van der Waals surface area (Å²) in [4.78, 5) is 13.7. The Morgan fingerprint density at radius 2 is 2.16 bits per heavy atom. The molecule has 2 rings (SSSR count). The molecule has 0 bridgehead atoms. The van der Waals surface area contributed by atoms with E-state index in [1.807, 2.05) is 13.8 Å². The maximum atomic E-state index is 14.2. The number of benzene rings is 1. The van der Waals surface area contributed by atoms with Crippen molar-refractivity contribution in [1.29, 1.82) is 0 Å². The van der Waals surface area contributed by atoms with Gasteiger partial charge in [-0.3, -0.25) is 4.79 Å². The molecule has 0 aromatic heterocycles. The molecule has 0 radical (unpaired) electrons. The van der Waals surface area contributed by atoms with Crippen LogP contribution in [0.25, 0.3) is 0 Å². The maximum absolute atomic E-state index is 14.2. The molecule has 1 heterocycles. The van der Waals surface area contributed by atoms with Crippen molar-refractivity contribution in [3.8, 4) is 0 Å². The Morgan fingerprint density at radius 3 is 2.79 bits per heavy atom. The number of piperidine rings is 1. The van der Waals surface area contributed by atoms with Gasteiger partial charge in [-0.2, -0.15) is 0 Å². The van der Waals surface area contributed by atoms with Crippen molar-refractivity contribution in [2.75, 3.05) is 0 Å². The van der Waals surface area contributed by atoms with E-state index in [-0.39, 0.29) is 23.0 Å². The van der Waals surface area contributed by atoms with Gasteiger partial charge in [-0.1, -0.05) is 23.7 Å². The van der Waals surface area contributed by atoms with Crippen molar-refractivity contribution in [3.05, 3.63) is 34.6 Å². The summed E-state index contributed by atoms with van der Waals surface area (Å²) in [6, 6.07) is 4.09. The second-order valence-electron chi connectivity index (χ2n) is 5.19. The quantitative estimate of drug-likeness (QED) is 0.908. The van der Waals surface area contributed by atoms with E-state index in [4.69, 9.17) is 17.3 Å². The molecule has 2 N–H and O–H groups in total. The van der Waals surface area contributed by atoms with E-state index in [1.54, 1.807) is 17.0 Å². The van der Waals surface area contributed by atoms with Crippen molar-refractivity contribution in [2.45, 2.75) is 44.8 Å². The predicted octanol–water partition coefficient (Wildman–Crippen LogP) is 2.88. The van der Waals surface area contributed by atoms with E-state index in [0.29, 0.717) is 18.4 Å². The van der Waals surface area contributed by atoms with Crippen molar-refractivity contribution >= 4 is 17.5 Å². The van der Waals surface area contributed by atoms with E-state index in [2.05, 4.69) is 0 Å². The van der Waals surface area contributed by atoms with Crippen LogP contribution in [0.4, 0.5) is 4.39 Å². The third kappa shape index (κ3) is 2.60. The first kappa shape index (κ1) is 14.3. The lowest BCUT2D eigenvalue weighted by Crippen LogP contribution is -2.51. The Labute approximate surface area is 117 Å². The highest BCUT2D eigenvalue weighted by Crippen LogP contribution is 2.35. The summed E-state index contributed by atoms with van der Waals surface area (Å²) >= 11 is 5.83. The number of halogens is 2. The van der Waals surface area contributed by atoms with Crippen LogP contribution in [-0.4, -0.2) is 22.9 Å². The van der Waals surface area contributed by atoms with Crippen LogP contribution in [0.5, 0.6) is 0 Å². The lowest BCUT2D eigenvalue weighted by Gasteiger charge is -2.42. The highest BCUT2D eigenvalue weighted by Gasteiger charge is 2.37. The standard InChI is InChI=1S/C14H18ClFN2O/c1-8(2)18-12(19)7-6-11(17)14(18)9-4-3-5-10(15)13(9)16/h3-5,8,11,14H,6-7,17H2,1-2H3. The Morgan fingerprint density at radius 1 is 1.47 bits per heavy atom. The number of rotatable bonds is 2. The number of hydrogen-bond donors (Lipinski definition) is 1. The summed E-state index contributed by atoms with van der Waals surface area (Å²) in [6.07, 6.45) is 0.983. The highest BCUT2D eigenvalue weighted by molar-refractivity contribution is 6.30. The molecular formula is C14H18ClFN2O. The summed E-state index contributed by atoms with van der Waals surface area (Å²) in [6.45, 7) is 3.82. The van der Waals surface area contributed by atoms with Crippen LogP contribution < -0.4 is 5.73 Å². The highest BCUT2D eigenvalue weighted by atomic mass is 35.5. The molecule has 2 atom stereocenters. The summed E-state index contributed by atoms with van der Waals surface area (Å²) in [5, 5.41) is 0.0615. The number of likely N-dealkylation sites (tertiary alicyclic amines) is 1. The molecule has 1 fully saturated rings. The molecule has 0 saturated carbocycles. The largest absolute Gasteiger partial charge is 0.332 e. The smallest absolute Gasteiger partial charge is 0.223 e. The zero-order valence-corrected chi connectivity index (χ0v) is 11.8. The van der Waals surface area contributed by atoms with Gasteiger partial charge in [-0.05, 0) is 26.3 Å². The zero-order valence-electron chi connectivity index (χ0n) is 11.1. The van der Waals surface area contributed by atoms with Crippen molar-refractivity contribution in [2.24, 2.45) is 5.73 Å². The molecule has 1 aliphatic heterocycles. The minimum Gasteiger partial charge on any atom is -0.332 e. The minimum atomic E-state index is -0.482. The molecule has 1 aliphatic rings. The maximum Gasteiger partial charge on any atom is 0.223 e. The minimum absolute atomic E-state index is 0.0149. The normalized spacial score (nSPS) is 24.1. The van der Waals surface area contributed by atoms with Gasteiger partial charge >= 0.3 is 0 Å². The first-order chi connectivity index (χ1) is 8.93. The molecule has 1 aromatic carbocycles. The summed E-state index contributed by atoms with van der Waals surface area (Å²) in [5.41, 5.74) is 6.52. The predicted molar refractivity (Wildman–Crippen MR) is 73.3 cm³/mol. The van der Waals surface area contributed by atoms with Crippen LogP contribution in [-0.2, 0) is 4.79 Å². The third-order valence-electron chi connectivity index (χ3n) is 3.54. The van der Waals surface area contributed by atoms with Crippen molar-refractivity contribution < 1.29 is 9.18 Å². The molecule has 5 heteroatoms. The van der Waals surface area contributed by atoms with Crippen molar-refractivity contribution in [3.63, 3.8) is 0 Å². The fourth-order valence-electron chi connectivity index (χ4n) is 2.68. The van der Waals surface area contributed by atoms with Gasteiger partial charge in [0.2, 0.25) is 5.91 Å². The van der Waals surface area contributed by atoms with Gasteiger partial charge in [-0.15, -0.1) is 0 Å². The first-order valence-electron chi connectivity index (χ1n) is 6.44. The molecule has 1 saturated heterocycles. The van der Waals surface area contributed by atoms with E-state index < -0.39 is 11.9 Å². The molecule has 19 heavy (non-hydrogen) atoms. The first-order valence-corrected chi connectivity index (χ1v) is 6.82. The van der Waals surface area contributed by atoms with Gasteiger partial charge in [0, 0.05) is 24.1 Å². The number of carbonyl (C=O) groups is 1. The monoisotopic (exact) mass is 284 g/mol. The molecule has 1 aromatic rings. The molecular weight excluding hydrogens is 267 g/mol. The van der Waals surface area contributed by atoms with Crippen LogP contribution in [0, 0.1) is 5.82 Å². The molecule has 0 spiro atoms. The Kier molecular flexibility index (Phi) is 4.11. The number of amides is 1. The van der Waals surface area contributed by atoms with Crippen molar-refractivity contribution in [1.82, 2.24) is 4.90 Å². The topological polar surface area (TPSA) is 46.3 Å². The Bertz CT molecular complexity index is 492. The third-order valence-corrected chi connectivity index (χ3v) is 3.83. The van der Waals surface area contributed by atoms with E-state index in [0.717, 1.165) is 0 Å². The summed E-state index contributed by atoms with van der Waals surface area (Å²) in [7, 11) is 0. The van der Waals surface area contributed by atoms with Crippen LogP contribution in [0.15, 0.2) is 18.2 Å². The number of hydrogen-bond acceptors (Lipinski definition) is 2.